The second-order valence-corrected chi connectivity index (χ2v) is 16.2. The Balaban J connectivity index is 1.06. The van der Waals surface area contributed by atoms with Gasteiger partial charge in [0.1, 0.15) is 22.8 Å². The van der Waals surface area contributed by atoms with Gasteiger partial charge < -0.3 is 14.4 Å². The highest BCUT2D eigenvalue weighted by molar-refractivity contribution is 8.04. The van der Waals surface area contributed by atoms with Crippen molar-refractivity contribution in [3.05, 3.63) is 143 Å². The highest BCUT2D eigenvalue weighted by Gasteiger charge is 2.29. The van der Waals surface area contributed by atoms with Crippen molar-refractivity contribution in [2.24, 2.45) is 5.41 Å². The number of ether oxygens (including phenoxy) is 2. The molecule has 0 saturated carbocycles. The van der Waals surface area contributed by atoms with E-state index in [9.17, 15) is 0 Å². The molecule has 6 heteroatoms. The second-order valence-electron chi connectivity index (χ2n) is 14.1. The molecule has 1 aliphatic heterocycles. The van der Waals surface area contributed by atoms with Gasteiger partial charge in [0, 0.05) is 29.6 Å². The van der Waals surface area contributed by atoms with Gasteiger partial charge in [0.05, 0.1) is 17.8 Å². The summed E-state index contributed by atoms with van der Waals surface area (Å²) in [6.07, 6.45) is 13.7. The molecule has 0 N–H and O–H groups in total. The molecule has 5 aromatic carbocycles. The van der Waals surface area contributed by atoms with Crippen LogP contribution in [-0.2, 0) is 6.54 Å². The van der Waals surface area contributed by atoms with E-state index in [1.807, 2.05) is 17.8 Å². The Labute approximate surface area is 309 Å². The van der Waals surface area contributed by atoms with Gasteiger partial charge in [-0.15, -0.1) is 0 Å². The Hall–Kier alpha value is -4.78. The Bertz CT molecular complexity index is 2400. The zero-order valence-electron chi connectivity index (χ0n) is 29.7. The molecule has 6 aromatic rings. The van der Waals surface area contributed by atoms with Gasteiger partial charge in [-0.1, -0.05) is 116 Å². The van der Waals surface area contributed by atoms with Crippen LogP contribution in [0.2, 0.25) is 0 Å². The number of rotatable bonds is 9. The van der Waals surface area contributed by atoms with E-state index in [-0.39, 0.29) is 5.41 Å². The number of thiazole rings is 1. The molecule has 0 bridgehead atoms. The number of thioether (sulfide) groups is 1. The van der Waals surface area contributed by atoms with Gasteiger partial charge in [-0.2, -0.15) is 4.57 Å². The lowest BCUT2D eigenvalue weighted by Crippen LogP contribution is -2.38. The third-order valence-electron chi connectivity index (χ3n) is 9.78. The fourth-order valence-electron chi connectivity index (χ4n) is 7.46. The first kappa shape index (κ1) is 33.4. The lowest BCUT2D eigenvalue weighted by molar-refractivity contribution is -0.669. The fourth-order valence-corrected chi connectivity index (χ4v) is 9.93. The summed E-state index contributed by atoms with van der Waals surface area (Å²) in [7, 11) is 1.72. The Morgan fingerprint density at radius 1 is 0.863 bits per heavy atom. The number of aromatic nitrogens is 1. The van der Waals surface area contributed by atoms with Crippen molar-refractivity contribution >= 4 is 66.6 Å². The first-order valence-corrected chi connectivity index (χ1v) is 19.4. The molecule has 0 atom stereocenters. The molecule has 0 spiro atoms. The number of allylic oxidation sites excluding steroid dienone is 6. The maximum atomic E-state index is 6.29. The van der Waals surface area contributed by atoms with Crippen molar-refractivity contribution in [1.82, 2.24) is 0 Å². The highest BCUT2D eigenvalue weighted by atomic mass is 32.2. The average molecular weight is 708 g/mol. The quantitative estimate of drug-likeness (QED) is 0.140. The molecule has 2 heterocycles. The number of nitrogens with zero attached hydrogens (tertiary/aromatic N) is 2. The molecule has 4 nitrogen and oxygen atoms in total. The van der Waals surface area contributed by atoms with E-state index in [1.165, 1.54) is 63.5 Å². The average Bonchev–Trinajstić information content (AvgIpc) is 3.67. The number of methoxy groups -OCH3 is 1. The molecule has 0 radical (unpaired) electrons. The molecular formula is C45H43N2O2S2+. The van der Waals surface area contributed by atoms with Gasteiger partial charge in [0.15, 0.2) is 6.54 Å². The number of fused-ring (bicyclic) bond motifs is 5. The number of benzene rings is 5. The predicted molar refractivity (Wildman–Crippen MR) is 217 cm³/mol. The monoisotopic (exact) mass is 707 g/mol. The second kappa shape index (κ2) is 14.1. The van der Waals surface area contributed by atoms with Gasteiger partial charge in [0.2, 0.25) is 5.52 Å². The van der Waals surface area contributed by atoms with Crippen LogP contribution in [0.4, 0.5) is 5.69 Å². The van der Waals surface area contributed by atoms with Crippen molar-refractivity contribution in [1.29, 1.82) is 0 Å². The maximum absolute atomic E-state index is 6.29. The van der Waals surface area contributed by atoms with Crippen LogP contribution < -0.4 is 18.9 Å². The van der Waals surface area contributed by atoms with Crippen molar-refractivity contribution in [2.75, 3.05) is 25.2 Å². The molecule has 1 aliphatic carbocycles. The first-order valence-electron chi connectivity index (χ1n) is 17.8. The maximum Gasteiger partial charge on any atom is 0.262 e. The molecular weight excluding hydrogens is 665 g/mol. The summed E-state index contributed by atoms with van der Waals surface area (Å²) in [4.78, 5) is 3.84. The molecule has 0 unspecified atom stereocenters. The van der Waals surface area contributed by atoms with Gasteiger partial charge in [-0.25, -0.2) is 0 Å². The SMILES string of the molecule is CCN1C(=CC2=CC(=CC=Cc3sc4cc(OC)ccc4[n+]3CCOc3ccc4ccccc4c3)CC(C)(C)C2)Sc2c1ccc1ccccc21. The van der Waals surface area contributed by atoms with Crippen LogP contribution >= 0.6 is 23.1 Å². The summed E-state index contributed by atoms with van der Waals surface area (Å²) < 4.78 is 15.4. The molecule has 8 rings (SSSR count). The van der Waals surface area contributed by atoms with Crippen LogP contribution in [0.5, 0.6) is 11.5 Å². The summed E-state index contributed by atoms with van der Waals surface area (Å²) in [5.74, 6) is 1.76. The van der Waals surface area contributed by atoms with E-state index < -0.39 is 0 Å². The molecule has 51 heavy (non-hydrogen) atoms. The Morgan fingerprint density at radius 2 is 1.65 bits per heavy atom. The summed E-state index contributed by atoms with van der Waals surface area (Å²) in [5, 5.41) is 7.54. The van der Waals surface area contributed by atoms with E-state index in [0.29, 0.717) is 6.61 Å². The van der Waals surface area contributed by atoms with E-state index in [4.69, 9.17) is 9.47 Å². The van der Waals surface area contributed by atoms with Gasteiger partial charge >= 0.3 is 0 Å². The molecule has 1 aromatic heterocycles. The highest BCUT2D eigenvalue weighted by Crippen LogP contribution is 2.50. The van der Waals surface area contributed by atoms with Crippen LogP contribution in [0.1, 0.15) is 38.6 Å². The molecule has 256 valence electrons. The Morgan fingerprint density at radius 3 is 2.49 bits per heavy atom. The standard InChI is InChI=1S/C45H43N2O2S2/c1-5-46-40-21-18-34-13-8-9-15-38(34)44(40)51-43(46)26-32-25-31(29-45(2,3)30-32)11-10-16-42-47(39-22-20-36(48-4)28-41(39)50-42)23-24-49-37-19-17-33-12-6-7-14-35(33)27-37/h6-22,25-28H,5,23-24,29-30H2,1-4H3/q+1. The van der Waals surface area contributed by atoms with Crippen LogP contribution in [-0.4, -0.2) is 20.3 Å². The summed E-state index contributed by atoms with van der Waals surface area (Å²) in [5.41, 5.74) is 5.43. The topological polar surface area (TPSA) is 25.6 Å². The molecule has 0 fully saturated rings. The number of hydrogen-bond donors (Lipinski definition) is 0. The van der Waals surface area contributed by atoms with Crippen LogP contribution in [0.25, 0.3) is 37.8 Å². The Kier molecular flexibility index (Phi) is 9.22. The largest absolute Gasteiger partial charge is 0.497 e. The third kappa shape index (κ3) is 6.95. The van der Waals surface area contributed by atoms with E-state index >= 15 is 0 Å². The first-order chi connectivity index (χ1) is 24.9. The summed E-state index contributed by atoms with van der Waals surface area (Å²) >= 11 is 3.70. The van der Waals surface area contributed by atoms with E-state index in [2.05, 4.69) is 152 Å². The fraction of sp³-hybridized carbons (Fsp3) is 0.222. The van der Waals surface area contributed by atoms with Crippen molar-refractivity contribution < 1.29 is 14.0 Å². The smallest absolute Gasteiger partial charge is 0.262 e. The zero-order chi connectivity index (χ0) is 35.0. The molecule has 0 amide bonds. The van der Waals surface area contributed by atoms with Gasteiger partial charge in [-0.05, 0) is 88.2 Å². The normalized spacial score (nSPS) is 17.3. The third-order valence-corrected chi connectivity index (χ3v) is 12.1. The molecule has 0 saturated heterocycles. The number of hydrogen-bond acceptors (Lipinski definition) is 5. The zero-order valence-corrected chi connectivity index (χ0v) is 31.3. The molecule has 2 aliphatic rings. The van der Waals surface area contributed by atoms with Crippen molar-refractivity contribution in [3.8, 4) is 11.5 Å². The summed E-state index contributed by atoms with van der Waals surface area (Å²) in [6.45, 7) is 9.29. The minimum atomic E-state index is 0.175. The van der Waals surface area contributed by atoms with Crippen molar-refractivity contribution in [2.45, 2.75) is 45.1 Å². The van der Waals surface area contributed by atoms with Crippen molar-refractivity contribution in [3.63, 3.8) is 0 Å². The lowest BCUT2D eigenvalue weighted by atomic mass is 9.75. The van der Waals surface area contributed by atoms with Crippen LogP contribution in [0.15, 0.2) is 142 Å². The predicted octanol–water partition coefficient (Wildman–Crippen LogP) is 11.7. The van der Waals surface area contributed by atoms with Crippen LogP contribution in [0, 0.1) is 5.41 Å². The number of anilines is 1. The summed E-state index contributed by atoms with van der Waals surface area (Å²) in [6, 6.07) is 34.3. The lowest BCUT2D eigenvalue weighted by Gasteiger charge is -2.31. The van der Waals surface area contributed by atoms with Gasteiger partial charge in [-0.3, -0.25) is 0 Å². The van der Waals surface area contributed by atoms with E-state index in [1.54, 1.807) is 18.4 Å². The minimum Gasteiger partial charge on any atom is -0.497 e. The minimum absolute atomic E-state index is 0.175. The van der Waals surface area contributed by atoms with Crippen LogP contribution in [0.3, 0.4) is 0 Å². The van der Waals surface area contributed by atoms with E-state index in [0.717, 1.165) is 37.4 Å². The van der Waals surface area contributed by atoms with Gasteiger partial charge in [0.25, 0.3) is 5.01 Å².